The lowest BCUT2D eigenvalue weighted by molar-refractivity contribution is 0.0950. The van der Waals surface area contributed by atoms with E-state index in [1.165, 1.54) is 0 Å². The number of carbonyl (C=O) groups is 2. The van der Waals surface area contributed by atoms with E-state index in [-0.39, 0.29) is 17.9 Å². The van der Waals surface area contributed by atoms with Gasteiger partial charge in [-0.1, -0.05) is 12.1 Å². The number of carbonyl (C=O) groups excluding carboxylic acids is 2. The Morgan fingerprint density at radius 2 is 1.46 bits per heavy atom. The third-order valence-electron chi connectivity index (χ3n) is 6.81. The molecule has 8 heteroatoms. The number of piperazine rings is 1. The topological polar surface area (TPSA) is 83.1 Å². The molecule has 0 spiro atoms. The summed E-state index contributed by atoms with van der Waals surface area (Å²) >= 11 is 0. The van der Waals surface area contributed by atoms with Crippen molar-refractivity contribution in [3.05, 3.63) is 77.9 Å². The van der Waals surface area contributed by atoms with Crippen LogP contribution in [0.25, 0.3) is 0 Å². The molecular weight excluding hydrogens is 468 g/mol. The summed E-state index contributed by atoms with van der Waals surface area (Å²) in [5.41, 5.74) is 3.62. The predicted molar refractivity (Wildman–Crippen MR) is 145 cm³/mol. The first-order chi connectivity index (χ1) is 18.1. The third-order valence-corrected chi connectivity index (χ3v) is 6.81. The maximum absolute atomic E-state index is 13.2. The Kier molecular flexibility index (Phi) is 7.16. The zero-order chi connectivity index (χ0) is 25.8. The average molecular weight is 501 g/mol. The fourth-order valence-electron chi connectivity index (χ4n) is 4.59. The van der Waals surface area contributed by atoms with Crippen molar-refractivity contribution in [1.82, 2.24) is 5.32 Å². The first-order valence-corrected chi connectivity index (χ1v) is 12.6. The van der Waals surface area contributed by atoms with Crippen molar-refractivity contribution in [1.29, 1.82) is 0 Å². The van der Waals surface area contributed by atoms with Gasteiger partial charge in [-0.05, 0) is 67.4 Å². The lowest BCUT2D eigenvalue weighted by Gasteiger charge is -2.38. The SMILES string of the molecule is COc1ccc(C(=O)Nc2ccc(N3CCN(c4ccccc4OC)CC3)c(C(=O)NC3CC3)c2)cc1. The minimum Gasteiger partial charge on any atom is -0.497 e. The maximum atomic E-state index is 13.2. The normalized spacial score (nSPS) is 15.2. The first-order valence-electron chi connectivity index (χ1n) is 12.6. The highest BCUT2D eigenvalue weighted by atomic mass is 16.5. The molecule has 3 aromatic rings. The molecule has 1 aliphatic carbocycles. The van der Waals surface area contributed by atoms with Gasteiger partial charge in [0.2, 0.25) is 0 Å². The number of nitrogens with zero attached hydrogens (tertiary/aromatic N) is 2. The fraction of sp³-hybridized carbons (Fsp3) is 0.310. The van der Waals surface area contributed by atoms with E-state index in [4.69, 9.17) is 9.47 Å². The van der Waals surface area contributed by atoms with Gasteiger partial charge in [0.15, 0.2) is 0 Å². The van der Waals surface area contributed by atoms with Crippen LogP contribution < -0.4 is 29.9 Å². The van der Waals surface area contributed by atoms with Gasteiger partial charge >= 0.3 is 0 Å². The second kappa shape index (κ2) is 10.8. The van der Waals surface area contributed by atoms with Crippen LogP contribution in [0.3, 0.4) is 0 Å². The molecule has 0 atom stereocenters. The summed E-state index contributed by atoms with van der Waals surface area (Å²) in [5, 5.41) is 6.04. The predicted octanol–water partition coefficient (Wildman–Crippen LogP) is 4.17. The van der Waals surface area contributed by atoms with Crippen molar-refractivity contribution in [2.24, 2.45) is 0 Å². The van der Waals surface area contributed by atoms with Crippen molar-refractivity contribution in [3.63, 3.8) is 0 Å². The van der Waals surface area contributed by atoms with Gasteiger partial charge in [-0.3, -0.25) is 9.59 Å². The van der Waals surface area contributed by atoms with Crippen LogP contribution >= 0.6 is 0 Å². The summed E-state index contributed by atoms with van der Waals surface area (Å²) in [7, 11) is 3.28. The minimum atomic E-state index is -0.241. The van der Waals surface area contributed by atoms with Crippen LogP contribution in [0.4, 0.5) is 17.1 Å². The highest BCUT2D eigenvalue weighted by Gasteiger charge is 2.28. The van der Waals surface area contributed by atoms with E-state index in [9.17, 15) is 9.59 Å². The maximum Gasteiger partial charge on any atom is 0.255 e. The van der Waals surface area contributed by atoms with Gasteiger partial charge in [-0.2, -0.15) is 0 Å². The third kappa shape index (κ3) is 5.63. The number of ether oxygens (including phenoxy) is 2. The lowest BCUT2D eigenvalue weighted by Crippen LogP contribution is -2.47. The number of hydrogen-bond donors (Lipinski definition) is 2. The molecule has 0 radical (unpaired) electrons. The number of methoxy groups -OCH3 is 2. The molecule has 3 aromatic carbocycles. The highest BCUT2D eigenvalue weighted by molar-refractivity contribution is 6.06. The largest absolute Gasteiger partial charge is 0.497 e. The van der Waals surface area contributed by atoms with Crippen LogP contribution in [-0.2, 0) is 0 Å². The smallest absolute Gasteiger partial charge is 0.255 e. The Hall–Kier alpha value is -4.20. The average Bonchev–Trinajstić information content (AvgIpc) is 3.77. The van der Waals surface area contributed by atoms with Gasteiger partial charge in [0.05, 0.1) is 25.5 Å². The molecule has 5 rings (SSSR count). The number of para-hydroxylation sites is 2. The molecule has 1 saturated carbocycles. The Bertz CT molecular complexity index is 1270. The summed E-state index contributed by atoms with van der Waals surface area (Å²) < 4.78 is 10.7. The summed E-state index contributed by atoms with van der Waals surface area (Å²) in [6, 6.07) is 20.8. The molecule has 2 amide bonds. The van der Waals surface area contributed by atoms with E-state index in [1.807, 2.05) is 30.3 Å². The quantitative estimate of drug-likeness (QED) is 0.483. The van der Waals surface area contributed by atoms with Crippen LogP contribution in [0.1, 0.15) is 33.6 Å². The van der Waals surface area contributed by atoms with Gasteiger partial charge < -0.3 is 29.9 Å². The Balaban J connectivity index is 1.34. The van der Waals surface area contributed by atoms with E-state index in [0.717, 1.165) is 56.1 Å². The van der Waals surface area contributed by atoms with Crippen molar-refractivity contribution in [2.45, 2.75) is 18.9 Å². The molecule has 1 aliphatic heterocycles. The Labute approximate surface area is 217 Å². The molecule has 1 saturated heterocycles. The minimum absolute atomic E-state index is 0.106. The molecule has 2 aliphatic rings. The number of amides is 2. The lowest BCUT2D eigenvalue weighted by atomic mass is 10.1. The van der Waals surface area contributed by atoms with Crippen molar-refractivity contribution in [2.75, 3.05) is 55.5 Å². The second-order valence-corrected chi connectivity index (χ2v) is 9.31. The van der Waals surface area contributed by atoms with Crippen LogP contribution in [0.2, 0.25) is 0 Å². The van der Waals surface area contributed by atoms with Gasteiger partial charge in [-0.25, -0.2) is 0 Å². The molecule has 0 aromatic heterocycles. The highest BCUT2D eigenvalue weighted by Crippen LogP contribution is 2.31. The van der Waals surface area contributed by atoms with Crippen LogP contribution in [0.5, 0.6) is 11.5 Å². The van der Waals surface area contributed by atoms with Crippen LogP contribution in [0, 0.1) is 0 Å². The first kappa shape index (κ1) is 24.5. The molecule has 192 valence electrons. The van der Waals surface area contributed by atoms with Gasteiger partial charge in [0.25, 0.3) is 11.8 Å². The van der Waals surface area contributed by atoms with Crippen LogP contribution in [-0.4, -0.2) is 58.3 Å². The molecule has 2 N–H and O–H groups in total. The zero-order valence-corrected chi connectivity index (χ0v) is 21.2. The summed E-state index contributed by atoms with van der Waals surface area (Å²) in [6.07, 6.45) is 2.01. The molecule has 2 fully saturated rings. The summed E-state index contributed by atoms with van der Waals surface area (Å²) in [4.78, 5) is 30.6. The second-order valence-electron chi connectivity index (χ2n) is 9.31. The zero-order valence-electron chi connectivity index (χ0n) is 21.2. The summed E-state index contributed by atoms with van der Waals surface area (Å²) in [5.74, 6) is 1.20. The van der Waals surface area contributed by atoms with Crippen molar-refractivity contribution >= 4 is 28.9 Å². The van der Waals surface area contributed by atoms with E-state index in [0.29, 0.717) is 22.6 Å². The van der Waals surface area contributed by atoms with E-state index < -0.39 is 0 Å². The molecule has 37 heavy (non-hydrogen) atoms. The molecule has 0 unspecified atom stereocenters. The molecule has 0 bridgehead atoms. The van der Waals surface area contributed by atoms with Gasteiger partial charge in [0, 0.05) is 49.2 Å². The van der Waals surface area contributed by atoms with Gasteiger partial charge in [-0.15, -0.1) is 0 Å². The number of anilines is 3. The Morgan fingerprint density at radius 1 is 0.784 bits per heavy atom. The van der Waals surface area contributed by atoms with E-state index in [1.54, 1.807) is 44.6 Å². The number of rotatable bonds is 8. The number of benzene rings is 3. The number of nitrogens with one attached hydrogen (secondary N) is 2. The molecule has 1 heterocycles. The van der Waals surface area contributed by atoms with Crippen molar-refractivity contribution in [3.8, 4) is 11.5 Å². The monoisotopic (exact) mass is 500 g/mol. The molecule has 8 nitrogen and oxygen atoms in total. The van der Waals surface area contributed by atoms with E-state index in [2.05, 4.69) is 26.5 Å². The fourth-order valence-corrected chi connectivity index (χ4v) is 4.59. The van der Waals surface area contributed by atoms with E-state index >= 15 is 0 Å². The van der Waals surface area contributed by atoms with Crippen molar-refractivity contribution < 1.29 is 19.1 Å². The number of hydrogen-bond acceptors (Lipinski definition) is 6. The van der Waals surface area contributed by atoms with Crippen LogP contribution in [0.15, 0.2) is 66.7 Å². The Morgan fingerprint density at radius 3 is 2.11 bits per heavy atom. The molecular formula is C29H32N4O4. The van der Waals surface area contributed by atoms with Gasteiger partial charge in [0.1, 0.15) is 11.5 Å². The standard InChI is InChI=1S/C29H32N4O4/c1-36-23-12-7-20(8-13-23)28(34)31-22-11-14-25(24(19-22)29(35)30-21-9-10-21)32-15-17-33(18-16-32)26-5-3-4-6-27(26)37-2/h3-8,11-14,19,21H,9-10,15-18H2,1-2H3,(H,30,35)(H,31,34). The summed E-state index contributed by atoms with van der Waals surface area (Å²) in [6.45, 7) is 3.14.